The lowest BCUT2D eigenvalue weighted by atomic mass is 10.0. The topological polar surface area (TPSA) is 105 Å². The Labute approximate surface area is 406 Å². The van der Waals surface area contributed by atoms with Gasteiger partial charge in [0, 0.05) is 6.42 Å². The van der Waals surface area contributed by atoms with Crippen LogP contribution < -0.4 is 5.32 Å². The molecule has 0 heterocycles. The summed E-state index contributed by atoms with van der Waals surface area (Å²) in [5.41, 5.74) is 0. The van der Waals surface area contributed by atoms with Crippen LogP contribution in [0, 0.1) is 0 Å². The summed E-state index contributed by atoms with van der Waals surface area (Å²) in [6.07, 6.45) is 57.3. The van der Waals surface area contributed by atoms with E-state index in [2.05, 4.69) is 19.2 Å². The summed E-state index contributed by atoms with van der Waals surface area (Å²) < 4.78 is 23.8. The Hall–Kier alpha value is -0.500. The minimum atomic E-state index is -4.31. The first kappa shape index (κ1) is 64.5. The minimum Gasteiger partial charge on any atom is -0.391 e. The van der Waals surface area contributed by atoms with Crippen LogP contribution in [-0.4, -0.2) is 73.4 Å². The molecule has 0 bridgehead atoms. The van der Waals surface area contributed by atoms with Crippen LogP contribution in [0.2, 0.25) is 0 Å². The van der Waals surface area contributed by atoms with Gasteiger partial charge >= 0.3 is 7.82 Å². The van der Waals surface area contributed by atoms with Crippen molar-refractivity contribution in [2.75, 3.05) is 40.9 Å². The molecular weight excluding hydrogens is 828 g/mol. The van der Waals surface area contributed by atoms with E-state index in [0.717, 1.165) is 38.5 Å². The van der Waals surface area contributed by atoms with E-state index in [1.807, 2.05) is 21.1 Å². The predicted molar refractivity (Wildman–Crippen MR) is 282 cm³/mol. The van der Waals surface area contributed by atoms with E-state index >= 15 is 0 Å². The quantitative estimate of drug-likeness (QED) is 0.0319. The second kappa shape index (κ2) is 48.5. The highest BCUT2D eigenvalue weighted by Gasteiger charge is 2.28. The fourth-order valence-electron chi connectivity index (χ4n) is 9.05. The molecule has 0 aromatic heterocycles. The molecule has 1 amide bonds. The lowest BCUT2D eigenvalue weighted by molar-refractivity contribution is -0.870. The number of nitrogens with one attached hydrogen (secondary N) is 1. The van der Waals surface area contributed by atoms with E-state index in [9.17, 15) is 19.4 Å². The van der Waals surface area contributed by atoms with Crippen molar-refractivity contribution in [1.29, 1.82) is 0 Å². The summed E-state index contributed by atoms with van der Waals surface area (Å²) in [6.45, 7) is 4.94. The van der Waals surface area contributed by atoms with E-state index in [4.69, 9.17) is 9.05 Å². The molecule has 65 heavy (non-hydrogen) atoms. The summed E-state index contributed by atoms with van der Waals surface area (Å²) in [6, 6.07) is -0.754. The third kappa shape index (κ3) is 51.2. The van der Waals surface area contributed by atoms with E-state index in [0.29, 0.717) is 23.9 Å². The number of aliphatic hydroxyl groups excluding tert-OH is 1. The van der Waals surface area contributed by atoms with Crippen LogP contribution in [0.5, 0.6) is 0 Å². The standard InChI is InChI=1S/C56H115N2O6P/c1-6-8-10-12-14-16-18-20-22-23-24-25-26-27-28-29-30-31-32-33-34-36-38-40-42-44-46-48-50-56(60)57-54(53-64-65(61,62)63-52-51-58(3,4)5)55(59)49-47-45-43-41-39-37-35-21-19-17-15-13-11-9-7-2/h54-55,59H,6-53H2,1-5H3,(H-,57,60,61,62)/p+1. The van der Waals surface area contributed by atoms with E-state index in [1.165, 1.54) is 238 Å². The third-order valence-electron chi connectivity index (χ3n) is 13.6. The number of rotatable bonds is 54. The van der Waals surface area contributed by atoms with Crippen molar-refractivity contribution in [3.05, 3.63) is 0 Å². The Bertz CT molecular complexity index is 1030. The molecule has 0 spiro atoms. The van der Waals surface area contributed by atoms with E-state index in [1.54, 1.807) is 0 Å². The highest BCUT2D eigenvalue weighted by molar-refractivity contribution is 7.47. The number of carbonyl (C=O) groups is 1. The number of hydrogen-bond donors (Lipinski definition) is 3. The maximum absolute atomic E-state index is 13.0. The Morgan fingerprint density at radius 2 is 0.738 bits per heavy atom. The number of phosphoric acid groups is 1. The van der Waals surface area contributed by atoms with Gasteiger partial charge in [-0.05, 0) is 12.8 Å². The molecule has 3 atom stereocenters. The molecule has 0 aliphatic carbocycles. The van der Waals surface area contributed by atoms with E-state index in [-0.39, 0.29) is 19.1 Å². The highest BCUT2D eigenvalue weighted by Crippen LogP contribution is 2.43. The van der Waals surface area contributed by atoms with Gasteiger partial charge in [0.1, 0.15) is 13.2 Å². The van der Waals surface area contributed by atoms with Gasteiger partial charge < -0.3 is 19.8 Å². The largest absolute Gasteiger partial charge is 0.472 e. The van der Waals surface area contributed by atoms with Gasteiger partial charge in [-0.25, -0.2) is 4.57 Å². The summed E-state index contributed by atoms with van der Waals surface area (Å²) in [4.78, 5) is 23.3. The number of aliphatic hydroxyl groups is 1. The lowest BCUT2D eigenvalue weighted by Gasteiger charge is -2.26. The Kier molecular flexibility index (Phi) is 48.1. The molecule has 0 fully saturated rings. The van der Waals surface area contributed by atoms with Crippen molar-refractivity contribution in [3.8, 4) is 0 Å². The molecule has 0 rings (SSSR count). The maximum atomic E-state index is 13.0. The smallest absolute Gasteiger partial charge is 0.391 e. The Balaban J connectivity index is 4.03. The molecule has 0 aliphatic rings. The first-order valence-corrected chi connectivity index (χ1v) is 30.4. The van der Waals surface area contributed by atoms with Crippen molar-refractivity contribution in [1.82, 2.24) is 5.32 Å². The van der Waals surface area contributed by atoms with Gasteiger partial charge in [0.2, 0.25) is 5.91 Å². The number of phosphoric ester groups is 1. The molecule has 390 valence electrons. The zero-order valence-corrected chi connectivity index (χ0v) is 45.4. The molecule has 0 aromatic rings. The number of unbranched alkanes of at least 4 members (excludes halogenated alkanes) is 41. The minimum absolute atomic E-state index is 0.0790. The summed E-state index contributed by atoms with van der Waals surface area (Å²) in [5, 5.41) is 14.0. The fraction of sp³-hybridized carbons (Fsp3) is 0.982. The molecule has 9 heteroatoms. The van der Waals surface area contributed by atoms with Crippen molar-refractivity contribution in [3.63, 3.8) is 0 Å². The molecule has 0 aliphatic heterocycles. The number of nitrogens with zero attached hydrogens (tertiary/aromatic N) is 1. The van der Waals surface area contributed by atoms with Gasteiger partial charge in [-0.15, -0.1) is 0 Å². The third-order valence-corrected chi connectivity index (χ3v) is 14.6. The van der Waals surface area contributed by atoms with Gasteiger partial charge in [0.15, 0.2) is 0 Å². The maximum Gasteiger partial charge on any atom is 0.472 e. The summed E-state index contributed by atoms with van der Waals surface area (Å²) in [7, 11) is 1.64. The summed E-state index contributed by atoms with van der Waals surface area (Å²) >= 11 is 0. The monoisotopic (exact) mass is 944 g/mol. The molecule has 0 aromatic carbocycles. The van der Waals surface area contributed by atoms with Crippen LogP contribution in [-0.2, 0) is 18.4 Å². The molecule has 0 saturated carbocycles. The molecule has 8 nitrogen and oxygen atoms in total. The average Bonchev–Trinajstić information content (AvgIpc) is 3.26. The number of quaternary nitrogens is 1. The van der Waals surface area contributed by atoms with Crippen molar-refractivity contribution in [2.24, 2.45) is 0 Å². The fourth-order valence-corrected chi connectivity index (χ4v) is 9.79. The van der Waals surface area contributed by atoms with E-state index < -0.39 is 20.0 Å². The van der Waals surface area contributed by atoms with Crippen LogP contribution in [0.3, 0.4) is 0 Å². The van der Waals surface area contributed by atoms with Crippen LogP contribution in [0.4, 0.5) is 0 Å². The first-order valence-electron chi connectivity index (χ1n) is 28.9. The van der Waals surface area contributed by atoms with Gasteiger partial charge in [-0.1, -0.05) is 284 Å². The van der Waals surface area contributed by atoms with Crippen molar-refractivity contribution < 1.29 is 32.9 Å². The van der Waals surface area contributed by atoms with Crippen LogP contribution in [0.1, 0.15) is 303 Å². The van der Waals surface area contributed by atoms with Crippen LogP contribution in [0.25, 0.3) is 0 Å². The Morgan fingerprint density at radius 1 is 0.462 bits per heavy atom. The van der Waals surface area contributed by atoms with Crippen molar-refractivity contribution in [2.45, 2.75) is 315 Å². The molecule has 3 unspecified atom stereocenters. The Morgan fingerprint density at radius 3 is 1.03 bits per heavy atom. The lowest BCUT2D eigenvalue weighted by Crippen LogP contribution is -2.46. The van der Waals surface area contributed by atoms with Gasteiger partial charge in [0.25, 0.3) is 0 Å². The molecule has 0 radical (unpaired) electrons. The number of carbonyl (C=O) groups excluding carboxylic acids is 1. The molecule has 0 saturated heterocycles. The van der Waals surface area contributed by atoms with Gasteiger partial charge in [-0.3, -0.25) is 13.8 Å². The summed E-state index contributed by atoms with van der Waals surface area (Å²) in [5.74, 6) is -0.136. The zero-order chi connectivity index (χ0) is 47.8. The first-order chi connectivity index (χ1) is 31.5. The highest BCUT2D eigenvalue weighted by atomic mass is 31.2. The number of likely N-dealkylation sites (N-methyl/N-ethyl adjacent to an activating group) is 1. The van der Waals surface area contributed by atoms with Gasteiger partial charge in [0.05, 0.1) is 39.9 Å². The zero-order valence-electron chi connectivity index (χ0n) is 44.5. The number of amides is 1. The van der Waals surface area contributed by atoms with Crippen LogP contribution in [0.15, 0.2) is 0 Å². The van der Waals surface area contributed by atoms with Crippen molar-refractivity contribution >= 4 is 13.7 Å². The van der Waals surface area contributed by atoms with Gasteiger partial charge in [-0.2, -0.15) is 0 Å². The van der Waals surface area contributed by atoms with Crippen LogP contribution >= 0.6 is 7.82 Å². The molecule has 3 N–H and O–H groups in total. The predicted octanol–water partition coefficient (Wildman–Crippen LogP) is 17.3. The second-order valence-electron chi connectivity index (χ2n) is 21.4. The second-order valence-corrected chi connectivity index (χ2v) is 22.8. The SMILES string of the molecule is CCCCCCCCCCCCCCCCCCCCCCCCCCCCCCC(=O)NC(COP(=O)(O)OCC[N+](C)(C)C)C(O)CCCCCCCCCCCCCCCCC. The molecular formula is C56H116N2O6P+. The normalized spacial score (nSPS) is 13.9. The number of hydrogen-bond acceptors (Lipinski definition) is 5. The average molecular weight is 945 g/mol.